The Bertz CT molecular complexity index is 652. The van der Waals surface area contributed by atoms with Crippen LogP contribution in [0.5, 0.6) is 5.75 Å². The Morgan fingerprint density at radius 3 is 2.85 bits per heavy atom. The molecule has 6 nitrogen and oxygen atoms in total. The van der Waals surface area contributed by atoms with Gasteiger partial charge in [-0.1, -0.05) is 0 Å². The van der Waals surface area contributed by atoms with E-state index in [1.165, 1.54) is 10.9 Å². The van der Waals surface area contributed by atoms with Crippen molar-refractivity contribution >= 4 is 10.9 Å². The van der Waals surface area contributed by atoms with E-state index in [-0.39, 0.29) is 12.1 Å². The summed E-state index contributed by atoms with van der Waals surface area (Å²) in [5.41, 5.74) is 0.445. The molecule has 0 aliphatic heterocycles. The Morgan fingerprint density at radius 1 is 1.45 bits per heavy atom. The van der Waals surface area contributed by atoms with E-state index in [9.17, 15) is 9.90 Å². The van der Waals surface area contributed by atoms with Crippen molar-refractivity contribution in [3.05, 3.63) is 34.9 Å². The van der Waals surface area contributed by atoms with Gasteiger partial charge in [-0.15, -0.1) is 0 Å². The average Bonchev–Trinajstić information content (AvgIpc) is 2.41. The van der Waals surface area contributed by atoms with Crippen LogP contribution in [-0.4, -0.2) is 53.4 Å². The van der Waals surface area contributed by atoms with Gasteiger partial charge in [-0.05, 0) is 32.3 Å². The third-order valence-corrected chi connectivity index (χ3v) is 3.01. The highest BCUT2D eigenvalue weighted by molar-refractivity contribution is 5.78. The molecule has 0 amide bonds. The highest BCUT2D eigenvalue weighted by atomic mass is 16.5. The molecule has 2 rings (SSSR count). The van der Waals surface area contributed by atoms with E-state index >= 15 is 0 Å². The molecule has 6 heteroatoms. The molecule has 20 heavy (non-hydrogen) atoms. The van der Waals surface area contributed by atoms with Crippen LogP contribution in [0.4, 0.5) is 0 Å². The Morgan fingerprint density at radius 2 is 2.20 bits per heavy atom. The van der Waals surface area contributed by atoms with Gasteiger partial charge in [-0.3, -0.25) is 9.36 Å². The van der Waals surface area contributed by atoms with E-state index in [1.54, 1.807) is 25.3 Å². The summed E-state index contributed by atoms with van der Waals surface area (Å²) in [5.74, 6) is 0.614. The van der Waals surface area contributed by atoms with Crippen LogP contribution < -0.4 is 10.3 Å². The normalized spacial score (nSPS) is 12.8. The molecule has 0 bridgehead atoms. The minimum absolute atomic E-state index is 0.174. The van der Waals surface area contributed by atoms with E-state index in [0.717, 1.165) is 0 Å². The second-order valence-corrected chi connectivity index (χ2v) is 5.00. The van der Waals surface area contributed by atoms with Crippen LogP contribution in [0.15, 0.2) is 29.3 Å². The number of fused-ring (bicyclic) bond motifs is 1. The van der Waals surface area contributed by atoms with Gasteiger partial charge in [0.05, 0.1) is 37.0 Å². The number of aliphatic hydroxyl groups excluding tert-OH is 1. The van der Waals surface area contributed by atoms with Gasteiger partial charge < -0.3 is 14.7 Å². The number of hydrogen-bond acceptors (Lipinski definition) is 5. The van der Waals surface area contributed by atoms with Gasteiger partial charge in [0.15, 0.2) is 0 Å². The Balaban J connectivity index is 2.35. The number of hydrogen-bond donors (Lipinski definition) is 1. The highest BCUT2D eigenvalue weighted by Gasteiger charge is 2.10. The predicted octanol–water partition coefficient (Wildman–Crippen LogP) is 0.328. The molecule has 0 aliphatic carbocycles. The number of nitrogens with zero attached hydrogens (tertiary/aromatic N) is 3. The Labute approximate surface area is 117 Å². The molecule has 1 heterocycles. The molecule has 0 aliphatic rings. The Hall–Kier alpha value is -1.92. The third kappa shape index (κ3) is 3.15. The molecule has 2 aromatic rings. The summed E-state index contributed by atoms with van der Waals surface area (Å²) < 4.78 is 6.55. The first-order valence-electron chi connectivity index (χ1n) is 6.37. The van der Waals surface area contributed by atoms with E-state index in [1.807, 2.05) is 19.0 Å². The molecule has 108 valence electrons. The van der Waals surface area contributed by atoms with Crippen LogP contribution in [0.3, 0.4) is 0 Å². The van der Waals surface area contributed by atoms with Gasteiger partial charge in [0.1, 0.15) is 5.75 Å². The molecule has 1 N–H and O–H groups in total. The number of methoxy groups -OCH3 is 1. The summed E-state index contributed by atoms with van der Waals surface area (Å²) in [7, 11) is 5.29. The molecule has 0 spiro atoms. The van der Waals surface area contributed by atoms with Crippen molar-refractivity contribution in [1.29, 1.82) is 0 Å². The SMILES string of the molecule is COc1ccc2ncn(CC(O)CN(C)C)c(=O)c2c1. The zero-order chi connectivity index (χ0) is 14.7. The molecule has 1 unspecified atom stereocenters. The van der Waals surface area contributed by atoms with Gasteiger partial charge in [0, 0.05) is 6.54 Å². The fourth-order valence-electron chi connectivity index (χ4n) is 2.10. The summed E-state index contributed by atoms with van der Waals surface area (Å²) in [6.07, 6.45) is 0.850. The first-order valence-corrected chi connectivity index (χ1v) is 6.37. The van der Waals surface area contributed by atoms with Gasteiger partial charge in [0.25, 0.3) is 5.56 Å². The van der Waals surface area contributed by atoms with Crippen molar-refractivity contribution in [2.75, 3.05) is 27.7 Å². The molecule has 1 atom stereocenters. The third-order valence-electron chi connectivity index (χ3n) is 3.01. The lowest BCUT2D eigenvalue weighted by atomic mass is 10.2. The number of aliphatic hydroxyl groups is 1. The van der Waals surface area contributed by atoms with Crippen LogP contribution >= 0.6 is 0 Å². The van der Waals surface area contributed by atoms with Crippen LogP contribution in [0.25, 0.3) is 10.9 Å². The maximum atomic E-state index is 12.4. The lowest BCUT2D eigenvalue weighted by Gasteiger charge is -2.17. The van der Waals surface area contributed by atoms with Crippen LogP contribution in [0.1, 0.15) is 0 Å². The quantitative estimate of drug-likeness (QED) is 0.853. The molecular weight excluding hydrogens is 258 g/mol. The standard InChI is InChI=1S/C14H19N3O3/c1-16(2)7-10(18)8-17-9-15-13-5-4-11(20-3)6-12(13)14(17)19/h4-6,9-10,18H,7-8H2,1-3H3. The van der Waals surface area contributed by atoms with E-state index in [2.05, 4.69) is 4.98 Å². The number of rotatable bonds is 5. The molecule has 0 radical (unpaired) electrons. The van der Waals surface area contributed by atoms with E-state index in [0.29, 0.717) is 23.2 Å². The average molecular weight is 277 g/mol. The first kappa shape index (κ1) is 14.5. The summed E-state index contributed by atoms with van der Waals surface area (Å²) in [4.78, 5) is 18.5. The minimum Gasteiger partial charge on any atom is -0.497 e. The Kier molecular flexibility index (Phi) is 4.36. The smallest absolute Gasteiger partial charge is 0.261 e. The number of benzene rings is 1. The lowest BCUT2D eigenvalue weighted by molar-refractivity contribution is 0.118. The zero-order valence-corrected chi connectivity index (χ0v) is 11.9. The predicted molar refractivity (Wildman–Crippen MR) is 77.1 cm³/mol. The lowest BCUT2D eigenvalue weighted by Crippen LogP contribution is -2.33. The summed E-state index contributed by atoms with van der Waals surface area (Å²) in [5, 5.41) is 10.4. The van der Waals surface area contributed by atoms with Crippen LogP contribution in [0, 0.1) is 0 Å². The fourth-order valence-corrected chi connectivity index (χ4v) is 2.10. The van der Waals surface area contributed by atoms with Crippen molar-refractivity contribution in [2.24, 2.45) is 0 Å². The maximum Gasteiger partial charge on any atom is 0.261 e. The van der Waals surface area contributed by atoms with Crippen LogP contribution in [0.2, 0.25) is 0 Å². The van der Waals surface area contributed by atoms with Crippen molar-refractivity contribution in [3.8, 4) is 5.75 Å². The van der Waals surface area contributed by atoms with Crippen molar-refractivity contribution in [3.63, 3.8) is 0 Å². The topological polar surface area (TPSA) is 67.6 Å². The second-order valence-electron chi connectivity index (χ2n) is 5.00. The van der Waals surface area contributed by atoms with E-state index in [4.69, 9.17) is 4.74 Å². The zero-order valence-electron chi connectivity index (χ0n) is 11.9. The largest absolute Gasteiger partial charge is 0.497 e. The van der Waals surface area contributed by atoms with Crippen LogP contribution in [-0.2, 0) is 6.54 Å². The van der Waals surface area contributed by atoms with Crippen molar-refractivity contribution < 1.29 is 9.84 Å². The first-order chi connectivity index (χ1) is 9.51. The molecule has 0 saturated heterocycles. The van der Waals surface area contributed by atoms with Crippen molar-refractivity contribution in [2.45, 2.75) is 12.6 Å². The second kappa shape index (κ2) is 6.02. The number of ether oxygens (including phenoxy) is 1. The van der Waals surface area contributed by atoms with Gasteiger partial charge in [0.2, 0.25) is 0 Å². The monoisotopic (exact) mass is 277 g/mol. The minimum atomic E-state index is -0.618. The highest BCUT2D eigenvalue weighted by Crippen LogP contribution is 2.15. The fraction of sp³-hybridized carbons (Fsp3) is 0.429. The summed E-state index contributed by atoms with van der Waals surface area (Å²) in [6, 6.07) is 5.18. The molecule has 1 aromatic carbocycles. The molecule has 0 fully saturated rings. The van der Waals surface area contributed by atoms with Crippen molar-refractivity contribution in [1.82, 2.24) is 14.5 Å². The summed E-state index contributed by atoms with van der Waals surface area (Å²) in [6.45, 7) is 0.708. The van der Waals surface area contributed by atoms with E-state index < -0.39 is 6.10 Å². The summed E-state index contributed by atoms with van der Waals surface area (Å²) >= 11 is 0. The number of likely N-dealkylation sites (N-methyl/N-ethyl adjacent to an activating group) is 1. The molecule has 1 aromatic heterocycles. The van der Waals surface area contributed by atoms with Gasteiger partial charge >= 0.3 is 0 Å². The molecule has 0 saturated carbocycles. The molecular formula is C14H19N3O3. The number of aromatic nitrogens is 2. The maximum absolute atomic E-state index is 12.4. The van der Waals surface area contributed by atoms with Gasteiger partial charge in [-0.2, -0.15) is 0 Å². The van der Waals surface area contributed by atoms with Gasteiger partial charge in [-0.25, -0.2) is 4.98 Å².